The van der Waals surface area contributed by atoms with E-state index in [1.807, 2.05) is 13.8 Å². The number of nitrogens with two attached hydrogens (primary N) is 3. The van der Waals surface area contributed by atoms with Gasteiger partial charge < -0.3 is 47.6 Å². The average Bonchev–Trinajstić information content (AvgIpc) is 3.60. The monoisotopic (exact) mass is 589 g/mol. The minimum atomic E-state index is -1.25. The van der Waals surface area contributed by atoms with E-state index < -0.39 is 54.2 Å². The molecule has 0 aromatic carbocycles. The fourth-order valence-electron chi connectivity index (χ4n) is 6.67. The number of rotatable bonds is 11. The molecule has 1 saturated carbocycles. The zero-order chi connectivity index (χ0) is 30.7. The molecule has 1 aliphatic heterocycles. The standard InChI is InChI=1S/C27H43N9O6/c1-4-12(5-2)18(35-11(3)37)17-13(7-32-27(29)30)6-14(22(17)38)26(41)42-9-16-23(39)24(40)20(36-16)15-8-31-21-19(15)33-10-34-25(21)28/h8,10,12-14,16-18,20,22-24,31,36,38-40H,4-7,9H2,1-3H3,(H,35,37)(H2,28,33,34)(H4,29,30,32). The number of aromatic amines is 1. The predicted octanol–water partition coefficient (Wildman–Crippen LogP) is -1.35. The molecule has 0 radical (unpaired) electrons. The molecule has 2 aromatic rings. The number of amides is 1. The maximum absolute atomic E-state index is 13.3. The number of H-pyrrole nitrogens is 1. The Bertz CT molecular complexity index is 1280. The lowest BCUT2D eigenvalue weighted by Gasteiger charge is -2.36. The topological polar surface area (TPSA) is 260 Å². The van der Waals surface area contributed by atoms with Crippen molar-refractivity contribution in [1.82, 2.24) is 25.6 Å². The summed E-state index contributed by atoms with van der Waals surface area (Å²) in [6.45, 7) is 5.38. The molecule has 1 aliphatic carbocycles. The lowest BCUT2D eigenvalue weighted by molar-refractivity contribution is -0.153. The van der Waals surface area contributed by atoms with Crippen molar-refractivity contribution in [2.24, 2.45) is 40.1 Å². The van der Waals surface area contributed by atoms with E-state index in [1.165, 1.54) is 13.3 Å². The quantitative estimate of drug-likeness (QED) is 0.0836. The van der Waals surface area contributed by atoms with Crippen LogP contribution in [0.25, 0.3) is 11.0 Å². The van der Waals surface area contributed by atoms with Gasteiger partial charge in [-0.2, -0.15) is 0 Å². The highest BCUT2D eigenvalue weighted by molar-refractivity contribution is 5.87. The third-order valence-corrected chi connectivity index (χ3v) is 8.82. The Morgan fingerprint density at radius 3 is 2.52 bits per heavy atom. The van der Waals surface area contributed by atoms with Gasteiger partial charge >= 0.3 is 5.97 Å². The Morgan fingerprint density at radius 1 is 1.17 bits per heavy atom. The van der Waals surface area contributed by atoms with Crippen LogP contribution in [0.2, 0.25) is 0 Å². The van der Waals surface area contributed by atoms with E-state index in [1.54, 1.807) is 6.20 Å². The Morgan fingerprint density at radius 2 is 1.88 bits per heavy atom. The first-order valence-corrected chi connectivity index (χ1v) is 14.3. The second-order valence-electron chi connectivity index (χ2n) is 11.3. The summed E-state index contributed by atoms with van der Waals surface area (Å²) in [5, 5.41) is 39.2. The van der Waals surface area contributed by atoms with Crippen molar-refractivity contribution < 1.29 is 29.6 Å². The van der Waals surface area contributed by atoms with Gasteiger partial charge in [0.1, 0.15) is 30.7 Å². The average molecular weight is 590 g/mol. The third kappa shape index (κ3) is 6.28. The molecular weight excluding hydrogens is 546 g/mol. The Hall–Kier alpha value is -3.53. The van der Waals surface area contributed by atoms with Gasteiger partial charge in [-0.05, 0) is 18.3 Å². The number of guanidine groups is 1. The first-order chi connectivity index (χ1) is 20.0. The van der Waals surface area contributed by atoms with Crippen molar-refractivity contribution >= 4 is 34.7 Å². The Balaban J connectivity index is 1.48. The van der Waals surface area contributed by atoms with E-state index in [0.29, 0.717) is 16.6 Å². The van der Waals surface area contributed by atoms with Gasteiger partial charge in [0.05, 0.1) is 29.6 Å². The largest absolute Gasteiger partial charge is 0.464 e. The highest BCUT2D eigenvalue weighted by Crippen LogP contribution is 2.43. The van der Waals surface area contributed by atoms with Gasteiger partial charge in [-0.3, -0.25) is 19.9 Å². The van der Waals surface area contributed by atoms with Crippen LogP contribution in [0.4, 0.5) is 5.82 Å². The highest BCUT2D eigenvalue weighted by Gasteiger charge is 2.51. The van der Waals surface area contributed by atoms with Crippen LogP contribution < -0.4 is 27.8 Å². The number of nitrogens with zero attached hydrogens (tertiary/aromatic N) is 3. The first kappa shape index (κ1) is 31.4. The molecule has 2 aliphatic rings. The molecule has 2 fully saturated rings. The van der Waals surface area contributed by atoms with Crippen LogP contribution in [-0.2, 0) is 14.3 Å². The van der Waals surface area contributed by atoms with Crippen molar-refractivity contribution in [2.75, 3.05) is 18.9 Å². The number of ether oxygens (including phenoxy) is 1. The van der Waals surface area contributed by atoms with Crippen LogP contribution >= 0.6 is 0 Å². The maximum atomic E-state index is 13.3. The van der Waals surface area contributed by atoms with E-state index in [-0.39, 0.29) is 49.1 Å². The van der Waals surface area contributed by atoms with Crippen LogP contribution in [0, 0.1) is 23.7 Å². The summed E-state index contributed by atoms with van der Waals surface area (Å²) < 4.78 is 5.61. The normalized spacial score (nSPS) is 30.0. The number of esters is 1. The molecule has 9 atom stereocenters. The fourth-order valence-corrected chi connectivity index (χ4v) is 6.67. The van der Waals surface area contributed by atoms with Crippen molar-refractivity contribution in [3.63, 3.8) is 0 Å². The van der Waals surface area contributed by atoms with Crippen molar-refractivity contribution in [3.8, 4) is 0 Å². The number of aliphatic hydroxyl groups excluding tert-OH is 3. The maximum Gasteiger partial charge on any atom is 0.311 e. The van der Waals surface area contributed by atoms with Crippen LogP contribution in [0.1, 0.15) is 51.6 Å². The van der Waals surface area contributed by atoms with Crippen molar-refractivity contribution in [1.29, 1.82) is 0 Å². The number of carbonyl (C=O) groups excluding carboxylic acids is 2. The minimum absolute atomic E-state index is 0.0615. The molecule has 15 nitrogen and oxygen atoms in total. The molecule has 9 unspecified atom stereocenters. The Kier molecular flexibility index (Phi) is 9.86. The molecule has 1 saturated heterocycles. The molecule has 15 heteroatoms. The predicted molar refractivity (Wildman–Crippen MR) is 154 cm³/mol. The van der Waals surface area contributed by atoms with Crippen molar-refractivity contribution in [2.45, 2.75) is 76.5 Å². The molecule has 1 amide bonds. The first-order valence-electron chi connectivity index (χ1n) is 14.3. The third-order valence-electron chi connectivity index (χ3n) is 8.82. The second kappa shape index (κ2) is 13.2. The molecule has 3 heterocycles. The number of aliphatic imine (C=N–C) groups is 1. The summed E-state index contributed by atoms with van der Waals surface area (Å²) in [6, 6.07) is -1.90. The van der Waals surface area contributed by atoms with Crippen LogP contribution in [0.3, 0.4) is 0 Å². The number of aromatic nitrogens is 3. The fraction of sp³-hybridized carbons (Fsp3) is 0.667. The number of aliphatic hydroxyl groups is 3. The van der Waals surface area contributed by atoms with E-state index in [4.69, 9.17) is 21.9 Å². The minimum Gasteiger partial charge on any atom is -0.464 e. The molecule has 12 N–H and O–H groups in total. The van der Waals surface area contributed by atoms with Gasteiger partial charge in [0.25, 0.3) is 0 Å². The number of carbonyl (C=O) groups is 2. The van der Waals surface area contributed by atoms with Crippen LogP contribution in [-0.4, -0.2) is 91.7 Å². The lowest BCUT2D eigenvalue weighted by atomic mass is 9.78. The van der Waals surface area contributed by atoms with Gasteiger partial charge in [0.15, 0.2) is 11.8 Å². The van der Waals surface area contributed by atoms with Crippen LogP contribution in [0.15, 0.2) is 17.5 Å². The van der Waals surface area contributed by atoms with E-state index in [2.05, 4.69) is 30.6 Å². The van der Waals surface area contributed by atoms with Crippen molar-refractivity contribution in [3.05, 3.63) is 18.1 Å². The van der Waals surface area contributed by atoms with Crippen LogP contribution in [0.5, 0.6) is 0 Å². The van der Waals surface area contributed by atoms with E-state index in [0.717, 1.165) is 12.8 Å². The number of nitrogens with one attached hydrogen (secondary N) is 3. The molecule has 232 valence electrons. The molecule has 2 aromatic heterocycles. The van der Waals surface area contributed by atoms with Gasteiger partial charge in [0.2, 0.25) is 5.91 Å². The second-order valence-corrected chi connectivity index (χ2v) is 11.3. The summed E-state index contributed by atoms with van der Waals surface area (Å²) in [7, 11) is 0. The molecule has 4 rings (SSSR count). The van der Waals surface area contributed by atoms with Gasteiger partial charge in [-0.15, -0.1) is 0 Å². The smallest absolute Gasteiger partial charge is 0.311 e. The lowest BCUT2D eigenvalue weighted by Crippen LogP contribution is -2.50. The summed E-state index contributed by atoms with van der Waals surface area (Å²) >= 11 is 0. The molecule has 0 spiro atoms. The number of fused-ring (bicyclic) bond motifs is 1. The Labute approximate surface area is 243 Å². The summed E-state index contributed by atoms with van der Waals surface area (Å²) in [5.74, 6) is -2.35. The number of nitrogen functional groups attached to an aromatic ring is 1. The summed E-state index contributed by atoms with van der Waals surface area (Å²) in [5.41, 5.74) is 18.7. The van der Waals surface area contributed by atoms with Gasteiger partial charge in [-0.25, -0.2) is 9.97 Å². The van der Waals surface area contributed by atoms with Gasteiger partial charge in [-0.1, -0.05) is 26.7 Å². The number of anilines is 1. The van der Waals surface area contributed by atoms with E-state index >= 15 is 0 Å². The zero-order valence-electron chi connectivity index (χ0n) is 24.1. The number of hydrogen-bond acceptors (Lipinski definition) is 11. The van der Waals surface area contributed by atoms with Gasteiger partial charge in [0, 0.05) is 37.2 Å². The molecule has 0 bridgehead atoms. The zero-order valence-corrected chi connectivity index (χ0v) is 24.1. The SMILES string of the molecule is CCC(CC)C(NC(C)=O)C1C(CN=C(N)N)CC(C(=O)OCC2NC(c3c[nH]c4c(N)ncnc34)C(O)C2O)C1O. The molecule has 42 heavy (non-hydrogen) atoms. The highest BCUT2D eigenvalue weighted by atomic mass is 16.5. The summed E-state index contributed by atoms with van der Waals surface area (Å²) in [4.78, 5) is 40.8. The summed E-state index contributed by atoms with van der Waals surface area (Å²) in [6.07, 6.45) is 1.14. The van der Waals surface area contributed by atoms with E-state index in [9.17, 15) is 24.9 Å². The molecular formula is C27H43N9O6. The number of hydrogen-bond donors (Lipinski definition) is 9.